The van der Waals surface area contributed by atoms with E-state index in [1.807, 2.05) is 28.9 Å². The third kappa shape index (κ3) is 2.46. The Morgan fingerprint density at radius 2 is 2.26 bits per heavy atom. The van der Waals surface area contributed by atoms with Crippen molar-refractivity contribution in [3.63, 3.8) is 0 Å². The van der Waals surface area contributed by atoms with E-state index in [0.29, 0.717) is 18.8 Å². The zero-order chi connectivity index (χ0) is 18.5. The number of carbonyl (C=O) groups excluding carboxylic acids is 1. The number of aromatic amines is 1. The zero-order valence-corrected chi connectivity index (χ0v) is 15.7. The number of pyridine rings is 1. The molecule has 0 aliphatic carbocycles. The highest BCUT2D eigenvalue weighted by Crippen LogP contribution is 2.33. The Kier molecular flexibility index (Phi) is 3.58. The van der Waals surface area contributed by atoms with Gasteiger partial charge in [0.1, 0.15) is 12.4 Å². The first-order chi connectivity index (χ1) is 13.1. The molecule has 0 fully saturated rings. The Morgan fingerprint density at radius 3 is 3.04 bits per heavy atom. The van der Waals surface area contributed by atoms with E-state index in [1.165, 1.54) is 11.0 Å². The molecule has 1 aliphatic rings. The van der Waals surface area contributed by atoms with Gasteiger partial charge in [-0.3, -0.25) is 4.79 Å². The van der Waals surface area contributed by atoms with Crippen LogP contribution in [0.2, 0.25) is 0 Å². The number of hydrogen-bond acceptors (Lipinski definition) is 5. The van der Waals surface area contributed by atoms with Gasteiger partial charge in [-0.2, -0.15) is 10.2 Å². The van der Waals surface area contributed by atoms with Crippen molar-refractivity contribution in [1.29, 1.82) is 0 Å². The molecule has 9 nitrogen and oxygen atoms in total. The molecular formula is C17H17N8OP. The van der Waals surface area contributed by atoms with Gasteiger partial charge in [0.2, 0.25) is 5.82 Å². The monoisotopic (exact) mass is 380 g/mol. The van der Waals surface area contributed by atoms with Gasteiger partial charge in [-0.25, -0.2) is 19.2 Å². The van der Waals surface area contributed by atoms with Crippen LogP contribution in [0.15, 0.2) is 37.1 Å². The van der Waals surface area contributed by atoms with Crippen molar-refractivity contribution in [2.75, 3.05) is 6.54 Å². The summed E-state index contributed by atoms with van der Waals surface area (Å²) in [6.45, 7) is 0.549. The van der Waals surface area contributed by atoms with E-state index < -0.39 is 0 Å². The number of imidazole rings is 1. The average Bonchev–Trinajstić information content (AvgIpc) is 3.39. The smallest absolute Gasteiger partial charge is 0.292 e. The number of nitrogens with zero attached hydrogens (tertiary/aromatic N) is 7. The fourth-order valence-corrected chi connectivity index (χ4v) is 3.93. The lowest BCUT2D eigenvalue weighted by molar-refractivity contribution is 0.0669. The summed E-state index contributed by atoms with van der Waals surface area (Å²) in [5.41, 5.74) is 3.61. The molecule has 0 aromatic carbocycles. The minimum absolute atomic E-state index is 0.184. The van der Waals surface area contributed by atoms with Crippen LogP contribution < -0.4 is 5.30 Å². The van der Waals surface area contributed by atoms with E-state index >= 15 is 0 Å². The third-order valence-corrected chi connectivity index (χ3v) is 5.41. The maximum absolute atomic E-state index is 13.2. The van der Waals surface area contributed by atoms with Crippen LogP contribution in [0.25, 0.3) is 5.52 Å². The molecule has 5 heterocycles. The van der Waals surface area contributed by atoms with Gasteiger partial charge in [0, 0.05) is 31.9 Å². The van der Waals surface area contributed by atoms with E-state index in [1.54, 1.807) is 18.3 Å². The summed E-state index contributed by atoms with van der Waals surface area (Å²) in [4.78, 5) is 26.8. The average molecular weight is 380 g/mol. The third-order valence-electron chi connectivity index (χ3n) is 4.92. The minimum Gasteiger partial charge on any atom is -0.348 e. The summed E-state index contributed by atoms with van der Waals surface area (Å²) < 4.78 is 3.31. The van der Waals surface area contributed by atoms with Gasteiger partial charge >= 0.3 is 0 Å². The maximum Gasteiger partial charge on any atom is 0.292 e. The van der Waals surface area contributed by atoms with Crippen LogP contribution in [0.5, 0.6) is 0 Å². The molecule has 0 bridgehead atoms. The minimum atomic E-state index is -0.381. The summed E-state index contributed by atoms with van der Waals surface area (Å²) >= 11 is 0. The van der Waals surface area contributed by atoms with Crippen LogP contribution in [0.1, 0.15) is 33.7 Å². The van der Waals surface area contributed by atoms with Gasteiger partial charge in [0.15, 0.2) is 0 Å². The number of fused-ring (bicyclic) bond motifs is 2. The molecule has 2 atom stereocenters. The topological polar surface area (TPSA) is 97.0 Å². The van der Waals surface area contributed by atoms with Crippen molar-refractivity contribution < 1.29 is 4.79 Å². The Balaban J connectivity index is 1.66. The molecule has 0 saturated heterocycles. The van der Waals surface area contributed by atoms with Gasteiger partial charge < -0.3 is 9.88 Å². The normalized spacial score (nSPS) is 16.7. The number of amides is 1. The number of aromatic nitrogens is 7. The predicted molar refractivity (Wildman–Crippen MR) is 101 cm³/mol. The summed E-state index contributed by atoms with van der Waals surface area (Å²) in [5, 5.41) is 9.79. The van der Waals surface area contributed by atoms with Crippen molar-refractivity contribution in [2.24, 2.45) is 7.05 Å². The van der Waals surface area contributed by atoms with Crippen LogP contribution in [0, 0.1) is 0 Å². The van der Waals surface area contributed by atoms with Crippen molar-refractivity contribution >= 4 is 26.0 Å². The highest BCUT2D eigenvalue weighted by atomic mass is 31.0. The molecule has 0 saturated carbocycles. The van der Waals surface area contributed by atoms with E-state index in [-0.39, 0.29) is 11.9 Å². The molecular weight excluding hydrogens is 363 g/mol. The van der Waals surface area contributed by atoms with Crippen molar-refractivity contribution in [3.8, 4) is 0 Å². The van der Waals surface area contributed by atoms with E-state index in [4.69, 9.17) is 5.10 Å². The molecule has 5 rings (SSSR count). The van der Waals surface area contributed by atoms with Crippen LogP contribution in [-0.2, 0) is 13.5 Å². The van der Waals surface area contributed by atoms with Crippen LogP contribution in [0.3, 0.4) is 0 Å². The van der Waals surface area contributed by atoms with Gasteiger partial charge in [-0.1, -0.05) is 6.07 Å². The molecule has 136 valence electrons. The fraction of sp³-hybridized carbons (Fsp3) is 0.235. The Labute approximate surface area is 156 Å². The Bertz CT molecular complexity index is 1160. The van der Waals surface area contributed by atoms with Gasteiger partial charge in [-0.05, 0) is 17.4 Å². The maximum atomic E-state index is 13.2. The lowest BCUT2D eigenvalue weighted by Gasteiger charge is -2.33. The highest BCUT2D eigenvalue weighted by molar-refractivity contribution is 7.28. The van der Waals surface area contributed by atoms with Gasteiger partial charge in [-0.15, -0.1) is 9.24 Å². The Hall–Kier alpha value is -3.06. The van der Waals surface area contributed by atoms with Gasteiger partial charge in [0.25, 0.3) is 5.91 Å². The lowest BCUT2D eigenvalue weighted by atomic mass is 9.99. The lowest BCUT2D eigenvalue weighted by Crippen LogP contribution is -2.42. The first kappa shape index (κ1) is 16.1. The standard InChI is InChI=1S/C17H17N8OP/c1-23-16(20-9-21-23)17(26)24-6-4-10-14(19-8-18-10)15(24)11-7-12-13(27)3-2-5-25(12)22-11/h2-3,5,7-9,15H,4,6,27H2,1H3,(H,18,19)/t15-/m1/s1. The largest absolute Gasteiger partial charge is 0.348 e. The second-order valence-electron chi connectivity index (χ2n) is 6.49. The number of nitrogens with one attached hydrogen (secondary N) is 1. The highest BCUT2D eigenvalue weighted by Gasteiger charge is 2.37. The van der Waals surface area contributed by atoms with E-state index in [2.05, 4.69) is 29.3 Å². The molecule has 1 aliphatic heterocycles. The number of hydrogen-bond donors (Lipinski definition) is 1. The summed E-state index contributed by atoms with van der Waals surface area (Å²) in [6, 6.07) is 5.58. The summed E-state index contributed by atoms with van der Waals surface area (Å²) in [6.07, 6.45) is 5.66. The molecule has 1 unspecified atom stereocenters. The second kappa shape index (κ2) is 5.99. The molecule has 0 spiro atoms. The predicted octanol–water partition coefficient (Wildman–Crippen LogP) is 0.474. The van der Waals surface area contributed by atoms with Crippen LogP contribution >= 0.6 is 9.24 Å². The second-order valence-corrected chi connectivity index (χ2v) is 7.11. The van der Waals surface area contributed by atoms with Crippen molar-refractivity contribution in [2.45, 2.75) is 12.5 Å². The first-order valence-corrected chi connectivity index (χ1v) is 9.12. The molecule has 27 heavy (non-hydrogen) atoms. The summed E-state index contributed by atoms with van der Waals surface area (Å²) in [5.74, 6) is 0.117. The van der Waals surface area contributed by atoms with Crippen LogP contribution in [-0.4, -0.2) is 51.7 Å². The zero-order valence-electron chi connectivity index (χ0n) is 14.6. The Morgan fingerprint density at radius 1 is 1.37 bits per heavy atom. The van der Waals surface area contributed by atoms with E-state index in [0.717, 1.165) is 27.9 Å². The van der Waals surface area contributed by atoms with Crippen molar-refractivity contribution in [1.82, 2.24) is 39.2 Å². The fourth-order valence-electron chi connectivity index (χ4n) is 3.60. The quantitative estimate of drug-likeness (QED) is 0.510. The van der Waals surface area contributed by atoms with Gasteiger partial charge in [0.05, 0.1) is 23.2 Å². The number of rotatable bonds is 2. The molecule has 4 aromatic heterocycles. The molecule has 10 heteroatoms. The van der Waals surface area contributed by atoms with Crippen molar-refractivity contribution in [3.05, 3.63) is 60.0 Å². The molecule has 1 amide bonds. The SMILES string of the molecule is Cn1ncnc1C(=O)N1CCc2[nH]cnc2[C@H]1c1cc2c(P)cccn2n1. The first-order valence-electron chi connectivity index (χ1n) is 8.54. The summed E-state index contributed by atoms with van der Waals surface area (Å²) in [7, 11) is 4.43. The van der Waals surface area contributed by atoms with Crippen LogP contribution in [0.4, 0.5) is 0 Å². The van der Waals surface area contributed by atoms with E-state index in [9.17, 15) is 4.79 Å². The molecule has 1 N–H and O–H groups in total. The molecule has 0 radical (unpaired) electrons. The number of carbonyl (C=O) groups is 1. The number of aryl methyl sites for hydroxylation is 1. The number of H-pyrrole nitrogens is 1. The molecule has 4 aromatic rings.